The second kappa shape index (κ2) is 7.53. The molecular weight excluding hydrogens is 348 g/mol. The summed E-state index contributed by atoms with van der Waals surface area (Å²) in [4.78, 5) is 16.9. The normalized spacial score (nSPS) is 10.6. The van der Waals surface area contributed by atoms with E-state index >= 15 is 0 Å². The van der Waals surface area contributed by atoms with Crippen molar-refractivity contribution in [1.82, 2.24) is 4.98 Å². The van der Waals surface area contributed by atoms with Crippen LogP contribution in [0.3, 0.4) is 0 Å². The number of amides is 1. The van der Waals surface area contributed by atoms with Gasteiger partial charge in [-0.3, -0.25) is 4.79 Å². The van der Waals surface area contributed by atoms with E-state index in [9.17, 15) is 4.79 Å². The minimum Gasteiger partial charge on any atom is -0.438 e. The quantitative estimate of drug-likeness (QED) is 0.488. The molecule has 0 atom stereocenters. The summed E-state index contributed by atoms with van der Waals surface area (Å²) in [5.74, 6) is 1.08. The highest BCUT2D eigenvalue weighted by Gasteiger charge is 2.12. The molecule has 4 heteroatoms. The molecule has 4 nitrogen and oxygen atoms in total. The van der Waals surface area contributed by atoms with Gasteiger partial charge in [0, 0.05) is 17.0 Å². The molecule has 0 unspecified atom stereocenters. The molecule has 4 aromatic rings. The number of pyridine rings is 1. The van der Waals surface area contributed by atoms with Crippen molar-refractivity contribution >= 4 is 22.4 Å². The first-order valence-corrected chi connectivity index (χ1v) is 9.11. The van der Waals surface area contributed by atoms with Crippen LogP contribution in [-0.4, -0.2) is 10.9 Å². The molecule has 0 saturated heterocycles. The smallest absolute Gasteiger partial charge is 0.256 e. The molecule has 3 aromatic carbocycles. The van der Waals surface area contributed by atoms with Crippen LogP contribution in [0.5, 0.6) is 11.6 Å². The summed E-state index contributed by atoms with van der Waals surface area (Å²) in [6.07, 6.45) is 1.60. The second-order valence-corrected chi connectivity index (χ2v) is 6.69. The highest BCUT2D eigenvalue weighted by atomic mass is 16.5. The van der Waals surface area contributed by atoms with Crippen LogP contribution >= 0.6 is 0 Å². The fourth-order valence-electron chi connectivity index (χ4n) is 3.28. The molecule has 138 valence electrons. The van der Waals surface area contributed by atoms with Gasteiger partial charge in [0.2, 0.25) is 5.88 Å². The molecule has 28 heavy (non-hydrogen) atoms. The zero-order valence-corrected chi connectivity index (χ0v) is 15.8. The molecule has 0 saturated carbocycles. The summed E-state index contributed by atoms with van der Waals surface area (Å²) in [6.45, 7) is 3.86. The summed E-state index contributed by atoms with van der Waals surface area (Å²) in [5, 5.41) is 5.04. The average Bonchev–Trinajstić information content (AvgIpc) is 2.70. The van der Waals surface area contributed by atoms with Gasteiger partial charge in [-0.1, -0.05) is 54.6 Å². The Kier molecular flexibility index (Phi) is 4.77. The van der Waals surface area contributed by atoms with Gasteiger partial charge in [0.05, 0.1) is 11.9 Å². The lowest BCUT2D eigenvalue weighted by Gasteiger charge is -2.11. The van der Waals surface area contributed by atoms with Crippen molar-refractivity contribution in [3.05, 3.63) is 95.7 Å². The Morgan fingerprint density at radius 2 is 1.57 bits per heavy atom. The summed E-state index contributed by atoms with van der Waals surface area (Å²) in [6, 6.07) is 23.3. The number of hydrogen-bond donors (Lipinski definition) is 1. The Balaban J connectivity index is 1.52. The standard InChI is InChI=1S/C24H20N2O2/c1-16-7-5-8-17(2)23(16)24(27)26-19-13-14-22(25-15-19)28-21-12-6-10-18-9-3-4-11-20(18)21/h3-15H,1-2H3,(H,26,27). The van der Waals surface area contributed by atoms with Crippen molar-refractivity contribution in [3.8, 4) is 11.6 Å². The number of benzene rings is 3. The first-order chi connectivity index (χ1) is 13.6. The number of hydrogen-bond acceptors (Lipinski definition) is 3. The summed E-state index contributed by atoms with van der Waals surface area (Å²) in [7, 11) is 0. The van der Waals surface area contributed by atoms with Crippen molar-refractivity contribution in [3.63, 3.8) is 0 Å². The third-order valence-electron chi connectivity index (χ3n) is 4.67. The highest BCUT2D eigenvalue weighted by molar-refractivity contribution is 6.06. The van der Waals surface area contributed by atoms with Gasteiger partial charge in [0.15, 0.2) is 0 Å². The first kappa shape index (κ1) is 17.7. The predicted octanol–water partition coefficient (Wildman–Crippen LogP) is 5.90. The molecule has 0 radical (unpaired) electrons. The van der Waals surface area contributed by atoms with Crippen LogP contribution in [-0.2, 0) is 0 Å². The van der Waals surface area contributed by atoms with Gasteiger partial charge in [-0.15, -0.1) is 0 Å². The zero-order valence-electron chi connectivity index (χ0n) is 15.8. The summed E-state index contributed by atoms with van der Waals surface area (Å²) in [5.41, 5.74) is 3.21. The van der Waals surface area contributed by atoms with E-state index in [0.717, 1.165) is 27.6 Å². The van der Waals surface area contributed by atoms with Crippen LogP contribution in [0.4, 0.5) is 5.69 Å². The van der Waals surface area contributed by atoms with Crippen LogP contribution in [0.15, 0.2) is 79.0 Å². The second-order valence-electron chi connectivity index (χ2n) is 6.69. The van der Waals surface area contributed by atoms with Crippen molar-refractivity contribution in [2.24, 2.45) is 0 Å². The Bertz CT molecular complexity index is 1130. The summed E-state index contributed by atoms with van der Waals surface area (Å²) >= 11 is 0. The molecular formula is C24H20N2O2. The molecule has 1 heterocycles. The molecule has 4 rings (SSSR count). The summed E-state index contributed by atoms with van der Waals surface area (Å²) < 4.78 is 5.95. The molecule has 1 N–H and O–H groups in total. The number of rotatable bonds is 4. The van der Waals surface area contributed by atoms with E-state index in [0.29, 0.717) is 17.1 Å². The van der Waals surface area contributed by atoms with Crippen LogP contribution in [0.25, 0.3) is 10.8 Å². The Labute approximate surface area is 163 Å². The van der Waals surface area contributed by atoms with Crippen molar-refractivity contribution in [2.45, 2.75) is 13.8 Å². The Morgan fingerprint density at radius 3 is 2.32 bits per heavy atom. The van der Waals surface area contributed by atoms with Gasteiger partial charge < -0.3 is 10.1 Å². The van der Waals surface area contributed by atoms with Gasteiger partial charge in [0.1, 0.15) is 5.75 Å². The lowest BCUT2D eigenvalue weighted by Crippen LogP contribution is -2.15. The van der Waals surface area contributed by atoms with Crippen LogP contribution in [0.2, 0.25) is 0 Å². The minimum absolute atomic E-state index is 0.139. The van der Waals surface area contributed by atoms with Crippen molar-refractivity contribution in [1.29, 1.82) is 0 Å². The number of anilines is 1. The largest absolute Gasteiger partial charge is 0.438 e. The lowest BCUT2D eigenvalue weighted by molar-refractivity contribution is 0.102. The van der Waals surface area contributed by atoms with Gasteiger partial charge >= 0.3 is 0 Å². The van der Waals surface area contributed by atoms with E-state index in [2.05, 4.69) is 10.3 Å². The number of nitrogens with one attached hydrogen (secondary N) is 1. The number of nitrogens with zero attached hydrogens (tertiary/aromatic N) is 1. The molecule has 0 spiro atoms. The molecule has 1 aromatic heterocycles. The minimum atomic E-state index is -0.139. The van der Waals surface area contributed by atoms with Crippen molar-refractivity contribution < 1.29 is 9.53 Å². The molecule has 0 aliphatic heterocycles. The lowest BCUT2D eigenvalue weighted by atomic mass is 10.0. The van der Waals surface area contributed by atoms with E-state index in [1.54, 1.807) is 18.3 Å². The van der Waals surface area contributed by atoms with Crippen LogP contribution in [0.1, 0.15) is 21.5 Å². The molecule has 0 bridgehead atoms. The average molecular weight is 368 g/mol. The van der Waals surface area contributed by atoms with Gasteiger partial charge in [-0.05, 0) is 42.5 Å². The molecule has 0 aliphatic rings. The van der Waals surface area contributed by atoms with Gasteiger partial charge in [-0.2, -0.15) is 0 Å². The first-order valence-electron chi connectivity index (χ1n) is 9.11. The maximum Gasteiger partial charge on any atom is 0.256 e. The Hall–Kier alpha value is -3.66. The third kappa shape index (κ3) is 3.58. The predicted molar refractivity (Wildman–Crippen MR) is 112 cm³/mol. The SMILES string of the molecule is Cc1cccc(C)c1C(=O)Nc1ccc(Oc2cccc3ccccc23)nc1. The molecule has 1 amide bonds. The van der Waals surface area contributed by atoms with Gasteiger partial charge in [-0.25, -0.2) is 4.98 Å². The number of aromatic nitrogens is 1. The van der Waals surface area contributed by atoms with Crippen LogP contribution < -0.4 is 10.1 Å². The van der Waals surface area contributed by atoms with E-state index in [1.807, 2.05) is 74.5 Å². The fraction of sp³-hybridized carbons (Fsp3) is 0.0833. The van der Waals surface area contributed by atoms with E-state index in [1.165, 1.54) is 0 Å². The number of carbonyl (C=O) groups excluding carboxylic acids is 1. The molecule has 0 aliphatic carbocycles. The molecule has 0 fully saturated rings. The maximum atomic E-state index is 12.6. The van der Waals surface area contributed by atoms with Crippen LogP contribution in [0, 0.1) is 13.8 Å². The zero-order chi connectivity index (χ0) is 19.5. The monoisotopic (exact) mass is 368 g/mol. The van der Waals surface area contributed by atoms with Gasteiger partial charge in [0.25, 0.3) is 5.91 Å². The number of ether oxygens (including phenoxy) is 1. The topological polar surface area (TPSA) is 51.2 Å². The third-order valence-corrected chi connectivity index (χ3v) is 4.67. The van der Waals surface area contributed by atoms with E-state index in [-0.39, 0.29) is 5.91 Å². The fourth-order valence-corrected chi connectivity index (χ4v) is 3.28. The van der Waals surface area contributed by atoms with E-state index < -0.39 is 0 Å². The van der Waals surface area contributed by atoms with Crippen molar-refractivity contribution in [2.75, 3.05) is 5.32 Å². The van der Waals surface area contributed by atoms with E-state index in [4.69, 9.17) is 4.74 Å². The highest BCUT2D eigenvalue weighted by Crippen LogP contribution is 2.29. The Morgan fingerprint density at radius 1 is 0.857 bits per heavy atom. The number of fused-ring (bicyclic) bond motifs is 1. The maximum absolute atomic E-state index is 12.6. The number of aryl methyl sites for hydroxylation is 2. The number of carbonyl (C=O) groups is 1.